The van der Waals surface area contributed by atoms with Crippen LogP contribution in [0.1, 0.15) is 38.1 Å². The highest BCUT2D eigenvalue weighted by atomic mass is 35.5. The predicted octanol–water partition coefficient (Wildman–Crippen LogP) is 4.30. The Morgan fingerprint density at radius 2 is 1.96 bits per heavy atom. The quantitative estimate of drug-likeness (QED) is 0.675. The van der Waals surface area contributed by atoms with E-state index in [2.05, 4.69) is 10.3 Å². The lowest BCUT2D eigenvalue weighted by Gasteiger charge is -2.22. The molecule has 3 rings (SSSR count). The summed E-state index contributed by atoms with van der Waals surface area (Å²) in [5.74, 6) is 0.456. The molecule has 2 aromatic carbocycles. The molecule has 1 atom stereocenters. The average molecular weight is 374 g/mol. The van der Waals surface area contributed by atoms with Crippen molar-refractivity contribution >= 4 is 35.1 Å². The van der Waals surface area contributed by atoms with Crippen LogP contribution in [-0.2, 0) is 11.2 Å². The summed E-state index contributed by atoms with van der Waals surface area (Å²) in [4.78, 5) is 16.8. The van der Waals surface area contributed by atoms with Crippen molar-refractivity contribution in [3.8, 4) is 0 Å². The van der Waals surface area contributed by atoms with Crippen molar-refractivity contribution in [1.29, 1.82) is 0 Å². The maximum atomic E-state index is 12.3. The van der Waals surface area contributed by atoms with Crippen molar-refractivity contribution in [3.05, 3.63) is 60.0 Å². The Hall–Kier alpha value is -2.37. The van der Waals surface area contributed by atoms with Gasteiger partial charge in [0.2, 0.25) is 5.91 Å². The first kappa shape index (κ1) is 19.9. The van der Waals surface area contributed by atoms with Crippen molar-refractivity contribution in [2.45, 2.75) is 38.6 Å². The van der Waals surface area contributed by atoms with E-state index in [1.54, 1.807) is 13.0 Å². The van der Waals surface area contributed by atoms with E-state index in [1.165, 1.54) is 0 Å². The van der Waals surface area contributed by atoms with Crippen LogP contribution >= 0.6 is 12.4 Å². The molecule has 0 spiro atoms. The Bertz CT molecular complexity index is 875. The number of nitrogens with zero attached hydrogens (tertiary/aromatic N) is 1. The number of anilines is 1. The van der Waals surface area contributed by atoms with Crippen LogP contribution in [0.2, 0.25) is 0 Å². The number of halogens is 1. The lowest BCUT2D eigenvalue weighted by molar-refractivity contribution is -0.120. The molecule has 0 radical (unpaired) electrons. The Kier molecular flexibility index (Phi) is 6.40. The number of nitrogens with two attached hydrogens (primary N) is 1. The topological polar surface area (TPSA) is 81.2 Å². The van der Waals surface area contributed by atoms with E-state index >= 15 is 0 Å². The van der Waals surface area contributed by atoms with Gasteiger partial charge in [-0.2, -0.15) is 0 Å². The van der Waals surface area contributed by atoms with Gasteiger partial charge >= 0.3 is 0 Å². The highest BCUT2D eigenvalue weighted by Crippen LogP contribution is 2.22. The standard InChI is InChI=1S/C20H23N3O2.ClH/c1-3-11-20(2,21)19(24)22-15-9-10-16-17(13-15)25-18(23-16)12-14-7-5-4-6-8-14;/h4-10,13H,3,11-12,21H2,1-2H3,(H,22,24);1H. The molecule has 1 aromatic heterocycles. The lowest BCUT2D eigenvalue weighted by atomic mass is 9.96. The van der Waals surface area contributed by atoms with Crippen LogP contribution in [0.4, 0.5) is 5.69 Å². The van der Waals surface area contributed by atoms with Gasteiger partial charge in [-0.25, -0.2) is 4.98 Å². The third-order valence-electron chi connectivity index (χ3n) is 4.18. The van der Waals surface area contributed by atoms with Crippen LogP contribution < -0.4 is 11.1 Å². The Balaban J connectivity index is 0.00000243. The minimum atomic E-state index is -0.885. The van der Waals surface area contributed by atoms with Gasteiger partial charge in [0.15, 0.2) is 11.5 Å². The molecule has 1 amide bonds. The second-order valence-corrected chi connectivity index (χ2v) is 6.57. The van der Waals surface area contributed by atoms with Crippen LogP contribution in [0.25, 0.3) is 11.1 Å². The summed E-state index contributed by atoms with van der Waals surface area (Å²) in [6, 6.07) is 15.5. The number of rotatable bonds is 6. The minimum Gasteiger partial charge on any atom is -0.440 e. The van der Waals surface area contributed by atoms with Gasteiger partial charge in [0.1, 0.15) is 5.52 Å². The van der Waals surface area contributed by atoms with Crippen LogP contribution in [0.3, 0.4) is 0 Å². The van der Waals surface area contributed by atoms with Gasteiger partial charge in [-0.05, 0) is 31.0 Å². The summed E-state index contributed by atoms with van der Waals surface area (Å²) >= 11 is 0. The van der Waals surface area contributed by atoms with Gasteiger partial charge in [-0.15, -0.1) is 12.4 Å². The highest BCUT2D eigenvalue weighted by Gasteiger charge is 2.27. The normalized spacial score (nSPS) is 13.0. The number of amides is 1. The monoisotopic (exact) mass is 373 g/mol. The Morgan fingerprint density at radius 1 is 1.23 bits per heavy atom. The first-order valence-electron chi connectivity index (χ1n) is 8.51. The first-order chi connectivity index (χ1) is 12.0. The van der Waals surface area contributed by atoms with Crippen LogP contribution in [-0.4, -0.2) is 16.4 Å². The molecule has 0 fully saturated rings. The molecule has 3 N–H and O–H groups in total. The summed E-state index contributed by atoms with van der Waals surface area (Å²) in [6.45, 7) is 3.75. The summed E-state index contributed by atoms with van der Waals surface area (Å²) < 4.78 is 5.83. The van der Waals surface area contributed by atoms with Crippen molar-refractivity contribution in [2.75, 3.05) is 5.32 Å². The molecule has 26 heavy (non-hydrogen) atoms. The van der Waals surface area contributed by atoms with Crippen molar-refractivity contribution in [2.24, 2.45) is 5.73 Å². The molecule has 1 unspecified atom stereocenters. The number of oxazole rings is 1. The second kappa shape index (κ2) is 8.34. The number of hydrogen-bond donors (Lipinski definition) is 2. The van der Waals surface area contributed by atoms with E-state index in [0.29, 0.717) is 30.0 Å². The van der Waals surface area contributed by atoms with Gasteiger partial charge in [0.25, 0.3) is 0 Å². The van der Waals surface area contributed by atoms with E-state index in [4.69, 9.17) is 10.2 Å². The fourth-order valence-corrected chi connectivity index (χ4v) is 2.80. The van der Waals surface area contributed by atoms with E-state index in [-0.39, 0.29) is 18.3 Å². The molecule has 0 saturated heterocycles. The van der Waals surface area contributed by atoms with E-state index < -0.39 is 5.54 Å². The Morgan fingerprint density at radius 3 is 2.65 bits per heavy atom. The molecule has 0 aliphatic carbocycles. The van der Waals surface area contributed by atoms with Gasteiger partial charge in [0, 0.05) is 18.2 Å². The van der Waals surface area contributed by atoms with Crippen molar-refractivity contribution < 1.29 is 9.21 Å². The first-order valence-corrected chi connectivity index (χ1v) is 8.51. The molecule has 0 aliphatic heterocycles. The summed E-state index contributed by atoms with van der Waals surface area (Å²) in [7, 11) is 0. The van der Waals surface area contributed by atoms with Gasteiger partial charge in [-0.3, -0.25) is 4.79 Å². The Labute approximate surface area is 159 Å². The molecule has 1 heterocycles. The van der Waals surface area contributed by atoms with E-state index in [0.717, 1.165) is 17.5 Å². The molecule has 3 aromatic rings. The maximum absolute atomic E-state index is 12.3. The average Bonchev–Trinajstić information content (AvgIpc) is 2.97. The number of aromatic nitrogens is 1. The summed E-state index contributed by atoms with van der Waals surface area (Å²) in [5.41, 5.74) is 8.41. The molecule has 0 bridgehead atoms. The fourth-order valence-electron chi connectivity index (χ4n) is 2.80. The zero-order valence-electron chi connectivity index (χ0n) is 15.0. The summed E-state index contributed by atoms with van der Waals surface area (Å²) in [6.07, 6.45) is 2.11. The number of carbonyl (C=O) groups is 1. The summed E-state index contributed by atoms with van der Waals surface area (Å²) in [5, 5.41) is 2.87. The number of fused-ring (bicyclic) bond motifs is 1. The second-order valence-electron chi connectivity index (χ2n) is 6.57. The van der Waals surface area contributed by atoms with E-state index in [9.17, 15) is 4.79 Å². The van der Waals surface area contributed by atoms with Gasteiger partial charge < -0.3 is 15.5 Å². The smallest absolute Gasteiger partial charge is 0.244 e. The van der Waals surface area contributed by atoms with Crippen LogP contribution in [0, 0.1) is 0 Å². The molecule has 6 heteroatoms. The fraction of sp³-hybridized carbons (Fsp3) is 0.300. The van der Waals surface area contributed by atoms with Crippen molar-refractivity contribution in [3.63, 3.8) is 0 Å². The third-order valence-corrected chi connectivity index (χ3v) is 4.18. The number of carbonyl (C=O) groups excluding carboxylic acids is 1. The SMILES string of the molecule is CCCC(C)(N)C(=O)Nc1ccc2nc(Cc3ccccc3)oc2c1.Cl. The van der Waals surface area contributed by atoms with E-state index in [1.807, 2.05) is 49.4 Å². The highest BCUT2D eigenvalue weighted by molar-refractivity contribution is 5.98. The number of benzene rings is 2. The van der Waals surface area contributed by atoms with Crippen LogP contribution in [0.15, 0.2) is 52.9 Å². The van der Waals surface area contributed by atoms with Crippen molar-refractivity contribution in [1.82, 2.24) is 4.98 Å². The third kappa shape index (κ3) is 4.62. The molecule has 0 saturated carbocycles. The zero-order chi connectivity index (χ0) is 17.9. The zero-order valence-corrected chi connectivity index (χ0v) is 15.8. The maximum Gasteiger partial charge on any atom is 0.244 e. The molecular formula is C20H24ClN3O2. The van der Waals surface area contributed by atoms with Gasteiger partial charge in [-0.1, -0.05) is 43.7 Å². The predicted molar refractivity (Wildman–Crippen MR) is 107 cm³/mol. The molecule has 138 valence electrons. The molecule has 5 nitrogen and oxygen atoms in total. The lowest BCUT2D eigenvalue weighted by Crippen LogP contribution is -2.48. The number of hydrogen-bond acceptors (Lipinski definition) is 4. The number of nitrogens with one attached hydrogen (secondary N) is 1. The largest absolute Gasteiger partial charge is 0.440 e. The minimum absolute atomic E-state index is 0. The van der Waals surface area contributed by atoms with Gasteiger partial charge in [0.05, 0.1) is 5.54 Å². The molecule has 0 aliphatic rings. The molecular weight excluding hydrogens is 350 g/mol. The van der Waals surface area contributed by atoms with Crippen LogP contribution in [0.5, 0.6) is 0 Å².